The van der Waals surface area contributed by atoms with Crippen molar-refractivity contribution in [2.45, 2.75) is 6.92 Å². The first-order valence-corrected chi connectivity index (χ1v) is 9.37. The summed E-state index contributed by atoms with van der Waals surface area (Å²) in [5, 5.41) is 0. The van der Waals surface area contributed by atoms with Gasteiger partial charge in [-0.1, -0.05) is 12.1 Å². The molecular formula is C24H22O6. The molecule has 0 bridgehead atoms. The zero-order valence-corrected chi connectivity index (χ0v) is 17.0. The van der Waals surface area contributed by atoms with Gasteiger partial charge in [0, 0.05) is 5.56 Å². The van der Waals surface area contributed by atoms with Gasteiger partial charge in [0.1, 0.15) is 23.0 Å². The minimum Gasteiger partial charge on any atom is -0.497 e. The number of allylic oxidation sites excluding steroid dienone is 1. The fourth-order valence-corrected chi connectivity index (χ4v) is 2.84. The second-order valence-electron chi connectivity index (χ2n) is 6.26. The largest absolute Gasteiger partial charge is 0.497 e. The normalized spacial score (nSPS) is 10.8. The Morgan fingerprint density at radius 1 is 0.967 bits per heavy atom. The monoisotopic (exact) mass is 406 g/mol. The van der Waals surface area contributed by atoms with Crippen LogP contribution in [0.5, 0.6) is 11.5 Å². The van der Waals surface area contributed by atoms with Gasteiger partial charge in [0.2, 0.25) is 0 Å². The van der Waals surface area contributed by atoms with Crippen LogP contribution in [0, 0.1) is 0 Å². The van der Waals surface area contributed by atoms with Crippen molar-refractivity contribution in [3.8, 4) is 22.8 Å². The molecule has 0 saturated carbocycles. The maximum atomic E-state index is 12.6. The first kappa shape index (κ1) is 20.9. The number of carbonyl (C=O) groups is 2. The van der Waals surface area contributed by atoms with Gasteiger partial charge in [-0.2, -0.15) is 0 Å². The maximum absolute atomic E-state index is 12.6. The van der Waals surface area contributed by atoms with Crippen LogP contribution in [0.4, 0.5) is 0 Å². The number of hydrogen-bond donors (Lipinski definition) is 0. The fraction of sp³-hybridized carbons (Fsp3) is 0.167. The number of rotatable bonds is 8. The van der Waals surface area contributed by atoms with E-state index in [1.54, 1.807) is 67.6 Å². The lowest BCUT2D eigenvalue weighted by Crippen LogP contribution is -2.03. The maximum Gasteiger partial charge on any atom is 0.338 e. The number of carbonyl (C=O) groups excluding carboxylic acids is 2. The summed E-state index contributed by atoms with van der Waals surface area (Å²) in [6, 6.07) is 15.5. The van der Waals surface area contributed by atoms with Crippen molar-refractivity contribution < 1.29 is 28.2 Å². The molecule has 3 rings (SSSR count). The molecule has 1 aromatic heterocycles. The number of benzene rings is 2. The van der Waals surface area contributed by atoms with Gasteiger partial charge >= 0.3 is 5.97 Å². The highest BCUT2D eigenvalue weighted by Gasteiger charge is 2.12. The minimum atomic E-state index is -0.362. The molecule has 30 heavy (non-hydrogen) atoms. The third-order valence-corrected chi connectivity index (χ3v) is 4.38. The molecule has 0 fully saturated rings. The van der Waals surface area contributed by atoms with E-state index in [1.807, 2.05) is 0 Å². The number of ether oxygens (including phenoxy) is 3. The molecule has 0 unspecified atom stereocenters. The van der Waals surface area contributed by atoms with Crippen LogP contribution in [0.2, 0.25) is 0 Å². The molecule has 3 aromatic rings. The molecule has 0 atom stereocenters. The molecule has 2 aromatic carbocycles. The van der Waals surface area contributed by atoms with Gasteiger partial charge in [-0.3, -0.25) is 4.79 Å². The van der Waals surface area contributed by atoms with Crippen LogP contribution in [0.15, 0.2) is 65.1 Å². The van der Waals surface area contributed by atoms with Crippen molar-refractivity contribution in [2.75, 3.05) is 20.8 Å². The Hall–Kier alpha value is -3.80. The van der Waals surface area contributed by atoms with E-state index >= 15 is 0 Å². The van der Waals surface area contributed by atoms with Crippen molar-refractivity contribution in [1.82, 2.24) is 0 Å². The molecule has 0 N–H and O–H groups in total. The topological polar surface area (TPSA) is 75.0 Å². The number of furan rings is 1. The van der Waals surface area contributed by atoms with Crippen molar-refractivity contribution in [1.29, 1.82) is 0 Å². The summed E-state index contributed by atoms with van der Waals surface area (Å²) in [6.45, 7) is 2.09. The third kappa shape index (κ3) is 4.78. The summed E-state index contributed by atoms with van der Waals surface area (Å²) in [5.74, 6) is 1.58. The number of ketones is 1. The molecule has 154 valence electrons. The van der Waals surface area contributed by atoms with Crippen molar-refractivity contribution in [3.63, 3.8) is 0 Å². The highest BCUT2D eigenvalue weighted by atomic mass is 16.5. The lowest BCUT2D eigenvalue weighted by molar-refractivity contribution is 0.0526. The number of esters is 1. The van der Waals surface area contributed by atoms with Crippen LogP contribution in [-0.2, 0) is 4.74 Å². The van der Waals surface area contributed by atoms with Crippen molar-refractivity contribution >= 4 is 17.8 Å². The summed E-state index contributed by atoms with van der Waals surface area (Å²) in [6.07, 6.45) is 3.02. The molecule has 1 heterocycles. The Morgan fingerprint density at radius 2 is 1.73 bits per heavy atom. The Bertz CT molecular complexity index is 1060. The third-order valence-electron chi connectivity index (χ3n) is 4.38. The summed E-state index contributed by atoms with van der Waals surface area (Å²) >= 11 is 0. The Balaban J connectivity index is 1.75. The zero-order valence-electron chi connectivity index (χ0n) is 17.0. The lowest BCUT2D eigenvalue weighted by Gasteiger charge is -2.07. The van der Waals surface area contributed by atoms with Crippen LogP contribution in [0.1, 0.15) is 33.4 Å². The average molecular weight is 406 g/mol. The van der Waals surface area contributed by atoms with E-state index in [1.165, 1.54) is 20.3 Å². The molecule has 0 spiro atoms. The van der Waals surface area contributed by atoms with Crippen LogP contribution in [-0.4, -0.2) is 32.6 Å². The van der Waals surface area contributed by atoms with Gasteiger partial charge in [-0.25, -0.2) is 4.79 Å². The molecule has 0 radical (unpaired) electrons. The van der Waals surface area contributed by atoms with Gasteiger partial charge in [0.25, 0.3) is 0 Å². The molecule has 6 nitrogen and oxygen atoms in total. The predicted octanol–water partition coefficient (Wildman–Crippen LogP) is 5.04. The van der Waals surface area contributed by atoms with E-state index in [-0.39, 0.29) is 11.8 Å². The summed E-state index contributed by atoms with van der Waals surface area (Å²) in [5.41, 5.74) is 1.68. The van der Waals surface area contributed by atoms with Crippen molar-refractivity contribution in [3.05, 3.63) is 77.6 Å². The standard InChI is InChI=1S/C24H22O6/c1-4-29-24(26)17-7-5-16(6-8-17)22-13-10-18(30-22)9-12-21(25)20-15-19(27-2)11-14-23(20)28-3/h5-15H,4H2,1-3H3/b12-9+. The highest BCUT2D eigenvalue weighted by molar-refractivity contribution is 6.08. The van der Waals surface area contributed by atoms with Gasteiger partial charge < -0.3 is 18.6 Å². The van der Waals surface area contributed by atoms with Gasteiger partial charge in [0.15, 0.2) is 5.78 Å². The summed E-state index contributed by atoms with van der Waals surface area (Å²) in [4.78, 5) is 24.3. The smallest absolute Gasteiger partial charge is 0.338 e. The molecule has 0 aliphatic heterocycles. The summed E-state index contributed by atoms with van der Waals surface area (Å²) < 4.78 is 21.2. The average Bonchev–Trinajstić information content (AvgIpc) is 3.26. The predicted molar refractivity (Wildman–Crippen MR) is 113 cm³/mol. The SMILES string of the molecule is CCOC(=O)c1ccc(-c2ccc(/C=C/C(=O)c3cc(OC)ccc3OC)o2)cc1. The highest BCUT2D eigenvalue weighted by Crippen LogP contribution is 2.26. The lowest BCUT2D eigenvalue weighted by atomic mass is 10.1. The minimum absolute atomic E-state index is 0.234. The van der Waals surface area contributed by atoms with E-state index in [0.29, 0.717) is 40.8 Å². The van der Waals surface area contributed by atoms with Gasteiger partial charge in [-0.05, 0) is 61.5 Å². The first-order valence-electron chi connectivity index (χ1n) is 9.37. The van der Waals surface area contributed by atoms with Crippen LogP contribution >= 0.6 is 0 Å². The second-order valence-corrected chi connectivity index (χ2v) is 6.26. The van der Waals surface area contributed by atoms with Crippen LogP contribution in [0.25, 0.3) is 17.4 Å². The Labute approximate surface area is 174 Å². The molecule has 0 aliphatic rings. The molecular weight excluding hydrogens is 384 g/mol. The second kappa shape index (κ2) is 9.60. The molecule has 0 saturated heterocycles. The van der Waals surface area contributed by atoms with Crippen LogP contribution < -0.4 is 9.47 Å². The van der Waals surface area contributed by atoms with Gasteiger partial charge in [-0.15, -0.1) is 0 Å². The van der Waals surface area contributed by atoms with Gasteiger partial charge in [0.05, 0.1) is 32.0 Å². The van der Waals surface area contributed by atoms with E-state index in [2.05, 4.69) is 0 Å². The van der Waals surface area contributed by atoms with Crippen LogP contribution in [0.3, 0.4) is 0 Å². The van der Waals surface area contributed by atoms with Crippen molar-refractivity contribution in [2.24, 2.45) is 0 Å². The first-order chi connectivity index (χ1) is 14.5. The summed E-state index contributed by atoms with van der Waals surface area (Å²) in [7, 11) is 3.05. The van der Waals surface area contributed by atoms with E-state index in [9.17, 15) is 9.59 Å². The molecule has 0 aliphatic carbocycles. The van der Waals surface area contributed by atoms with E-state index in [4.69, 9.17) is 18.6 Å². The molecule has 6 heteroatoms. The Kier molecular flexibility index (Phi) is 6.70. The molecule has 0 amide bonds. The Morgan fingerprint density at radius 3 is 2.40 bits per heavy atom. The quantitative estimate of drug-likeness (QED) is 0.296. The number of methoxy groups -OCH3 is 2. The fourth-order valence-electron chi connectivity index (χ4n) is 2.84. The van der Waals surface area contributed by atoms with E-state index < -0.39 is 0 Å². The zero-order chi connectivity index (χ0) is 21.5. The number of hydrogen-bond acceptors (Lipinski definition) is 6. The van der Waals surface area contributed by atoms with E-state index in [0.717, 1.165) is 5.56 Å².